The van der Waals surface area contributed by atoms with E-state index in [-0.39, 0.29) is 11.6 Å². The molecule has 3 heteroatoms. The minimum absolute atomic E-state index is 0.0276. The Kier molecular flexibility index (Phi) is 4.36. The molecular formula is C19H18O3. The fourth-order valence-corrected chi connectivity index (χ4v) is 2.17. The van der Waals surface area contributed by atoms with Gasteiger partial charge in [-0.3, -0.25) is 14.4 Å². The Labute approximate surface area is 130 Å². The molecule has 2 rings (SSSR count). The predicted molar refractivity (Wildman–Crippen MR) is 85.5 cm³/mol. The van der Waals surface area contributed by atoms with Gasteiger partial charge in [0.05, 0.1) is 0 Å². The van der Waals surface area contributed by atoms with Crippen molar-refractivity contribution in [2.45, 2.75) is 20.8 Å². The van der Waals surface area contributed by atoms with Gasteiger partial charge < -0.3 is 0 Å². The van der Waals surface area contributed by atoms with Crippen molar-refractivity contribution in [3.8, 4) is 0 Å². The summed E-state index contributed by atoms with van der Waals surface area (Å²) >= 11 is 0. The molecule has 0 unspecified atom stereocenters. The summed E-state index contributed by atoms with van der Waals surface area (Å²) < 4.78 is 0. The Hall–Kier alpha value is -2.55. The molecule has 0 heterocycles. The first-order chi connectivity index (χ1) is 10.3. The summed E-state index contributed by atoms with van der Waals surface area (Å²) in [7, 11) is 0. The number of benzene rings is 2. The van der Waals surface area contributed by atoms with Crippen molar-refractivity contribution in [3.63, 3.8) is 0 Å². The van der Waals surface area contributed by atoms with Gasteiger partial charge in [-0.15, -0.1) is 0 Å². The highest BCUT2D eigenvalue weighted by Crippen LogP contribution is 2.22. The van der Waals surface area contributed by atoms with E-state index in [1.165, 1.54) is 0 Å². The molecule has 0 fully saturated rings. The molecule has 0 spiro atoms. The van der Waals surface area contributed by atoms with Crippen molar-refractivity contribution in [2.75, 3.05) is 0 Å². The molecule has 0 atom stereocenters. The van der Waals surface area contributed by atoms with Crippen molar-refractivity contribution in [1.29, 1.82) is 0 Å². The molecule has 2 aromatic carbocycles. The Morgan fingerprint density at radius 2 is 1.41 bits per heavy atom. The molecule has 0 aliphatic rings. The van der Waals surface area contributed by atoms with Crippen molar-refractivity contribution < 1.29 is 14.4 Å². The topological polar surface area (TPSA) is 51.2 Å². The third kappa shape index (κ3) is 3.19. The van der Waals surface area contributed by atoms with E-state index in [2.05, 4.69) is 0 Å². The molecule has 0 N–H and O–H groups in total. The molecule has 3 nitrogen and oxygen atoms in total. The maximum Gasteiger partial charge on any atom is 0.193 e. The van der Waals surface area contributed by atoms with Gasteiger partial charge >= 0.3 is 0 Å². The number of Topliss-reactive ketones (excluding diaryl/α,β-unsaturated/α-hetero) is 1. The predicted octanol–water partition coefficient (Wildman–Crippen LogP) is 3.96. The second-order valence-corrected chi connectivity index (χ2v) is 6.19. The number of carbonyl (C=O) groups excluding carboxylic acids is 3. The second kappa shape index (κ2) is 6.06. The van der Waals surface area contributed by atoms with Crippen molar-refractivity contribution in [3.05, 3.63) is 70.8 Å². The number of carbonyl (C=O) groups is 3. The molecule has 22 heavy (non-hydrogen) atoms. The van der Waals surface area contributed by atoms with Gasteiger partial charge in [0.15, 0.2) is 17.9 Å². The van der Waals surface area contributed by atoms with Gasteiger partial charge in [0.2, 0.25) is 0 Å². The van der Waals surface area contributed by atoms with E-state index >= 15 is 0 Å². The van der Waals surface area contributed by atoms with Crippen LogP contribution in [0.1, 0.15) is 57.4 Å². The van der Waals surface area contributed by atoms with Gasteiger partial charge in [0, 0.05) is 27.7 Å². The lowest BCUT2D eigenvalue weighted by molar-refractivity contribution is 0.0857. The van der Waals surface area contributed by atoms with E-state index < -0.39 is 5.41 Å². The fourth-order valence-electron chi connectivity index (χ4n) is 2.17. The van der Waals surface area contributed by atoms with Gasteiger partial charge in [0.25, 0.3) is 0 Å². The zero-order valence-electron chi connectivity index (χ0n) is 12.9. The van der Waals surface area contributed by atoms with Gasteiger partial charge in [-0.25, -0.2) is 0 Å². The zero-order valence-corrected chi connectivity index (χ0v) is 12.9. The number of ketones is 2. The summed E-state index contributed by atoms with van der Waals surface area (Å²) in [6.45, 7) is 5.57. The molecule has 0 aliphatic heterocycles. The second-order valence-electron chi connectivity index (χ2n) is 6.19. The fraction of sp³-hybridized carbons (Fsp3) is 0.211. The first-order valence-electron chi connectivity index (χ1n) is 7.08. The van der Waals surface area contributed by atoms with Crippen LogP contribution in [0.3, 0.4) is 0 Å². The summed E-state index contributed by atoms with van der Waals surface area (Å²) in [4.78, 5) is 35.7. The molecule has 2 aromatic rings. The first kappa shape index (κ1) is 15.8. The van der Waals surface area contributed by atoms with Crippen LogP contribution in [-0.4, -0.2) is 17.9 Å². The lowest BCUT2D eigenvalue weighted by Crippen LogP contribution is -2.20. The Balaban J connectivity index is 2.33. The maximum atomic E-state index is 12.5. The van der Waals surface area contributed by atoms with Gasteiger partial charge in [-0.05, 0) is 0 Å². The Morgan fingerprint density at radius 1 is 0.864 bits per heavy atom. The highest BCUT2D eigenvalue weighted by Gasteiger charge is 2.23. The van der Waals surface area contributed by atoms with Crippen LogP contribution in [0.5, 0.6) is 0 Å². The van der Waals surface area contributed by atoms with E-state index in [9.17, 15) is 14.4 Å². The van der Waals surface area contributed by atoms with E-state index in [1.54, 1.807) is 48.5 Å². The molecule has 0 amide bonds. The van der Waals surface area contributed by atoms with Crippen molar-refractivity contribution in [2.24, 2.45) is 5.41 Å². The summed E-state index contributed by atoms with van der Waals surface area (Å²) in [6.07, 6.45) is 0.671. The summed E-state index contributed by atoms with van der Waals surface area (Å²) in [6, 6.07) is 13.2. The van der Waals surface area contributed by atoms with Crippen LogP contribution in [0, 0.1) is 5.41 Å². The van der Waals surface area contributed by atoms with Crippen LogP contribution < -0.4 is 0 Å². The van der Waals surface area contributed by atoms with Crippen LogP contribution in [0.15, 0.2) is 48.5 Å². The van der Waals surface area contributed by atoms with Crippen LogP contribution in [0.25, 0.3) is 0 Å². The smallest absolute Gasteiger partial charge is 0.193 e. The number of rotatable bonds is 4. The average Bonchev–Trinajstić information content (AvgIpc) is 2.52. The summed E-state index contributed by atoms with van der Waals surface area (Å²) in [5.74, 6) is -0.197. The van der Waals surface area contributed by atoms with Crippen molar-refractivity contribution >= 4 is 17.9 Å². The lowest BCUT2D eigenvalue weighted by Gasteiger charge is -2.16. The molecule has 0 aliphatic carbocycles. The number of hydrogen-bond donors (Lipinski definition) is 0. The summed E-state index contributed by atoms with van der Waals surface area (Å²) in [5, 5.41) is 0. The summed E-state index contributed by atoms with van der Waals surface area (Å²) in [5.41, 5.74) is 1.30. The number of hydrogen-bond acceptors (Lipinski definition) is 3. The molecular weight excluding hydrogens is 276 g/mol. The van der Waals surface area contributed by atoms with Gasteiger partial charge in [-0.1, -0.05) is 69.3 Å². The monoisotopic (exact) mass is 294 g/mol. The lowest BCUT2D eigenvalue weighted by atomic mass is 9.86. The van der Waals surface area contributed by atoms with Crippen molar-refractivity contribution in [1.82, 2.24) is 0 Å². The van der Waals surface area contributed by atoms with Crippen LogP contribution >= 0.6 is 0 Å². The van der Waals surface area contributed by atoms with Crippen LogP contribution in [-0.2, 0) is 0 Å². The molecule has 0 bridgehead atoms. The molecule has 112 valence electrons. The third-order valence-electron chi connectivity index (χ3n) is 3.42. The minimum Gasteiger partial charge on any atom is -0.298 e. The highest BCUT2D eigenvalue weighted by atomic mass is 16.1. The Bertz CT molecular complexity index is 719. The standard InChI is InChI=1S/C19H18O3/c1-19(2,3)18(22)14-10-8-13(9-11-14)17(21)16-7-5-4-6-15(16)12-20/h4-12H,1-3H3. The molecule has 0 radical (unpaired) electrons. The largest absolute Gasteiger partial charge is 0.298 e. The van der Waals surface area contributed by atoms with E-state index in [0.29, 0.717) is 28.5 Å². The SMILES string of the molecule is CC(C)(C)C(=O)c1ccc(C(=O)c2ccccc2C=O)cc1. The molecule has 0 aromatic heterocycles. The quantitative estimate of drug-likeness (QED) is 0.633. The van der Waals surface area contributed by atoms with E-state index in [1.807, 2.05) is 20.8 Å². The van der Waals surface area contributed by atoms with E-state index in [4.69, 9.17) is 0 Å². The number of aldehydes is 1. The Morgan fingerprint density at radius 3 is 1.95 bits per heavy atom. The third-order valence-corrected chi connectivity index (χ3v) is 3.42. The normalized spacial score (nSPS) is 11.0. The van der Waals surface area contributed by atoms with E-state index in [0.717, 1.165) is 0 Å². The highest BCUT2D eigenvalue weighted by molar-refractivity contribution is 6.13. The molecule has 0 saturated heterocycles. The average molecular weight is 294 g/mol. The molecule has 0 saturated carbocycles. The van der Waals surface area contributed by atoms with Gasteiger partial charge in [-0.2, -0.15) is 0 Å². The van der Waals surface area contributed by atoms with Crippen LogP contribution in [0.4, 0.5) is 0 Å². The zero-order chi connectivity index (χ0) is 16.3. The first-order valence-corrected chi connectivity index (χ1v) is 7.08. The van der Waals surface area contributed by atoms with Crippen LogP contribution in [0.2, 0.25) is 0 Å². The van der Waals surface area contributed by atoms with Gasteiger partial charge in [0.1, 0.15) is 0 Å². The minimum atomic E-state index is -0.463. The maximum absolute atomic E-state index is 12.5.